The van der Waals surface area contributed by atoms with Gasteiger partial charge in [0.1, 0.15) is 0 Å². The van der Waals surface area contributed by atoms with Crippen molar-refractivity contribution >= 4 is 40.7 Å². The summed E-state index contributed by atoms with van der Waals surface area (Å²) in [6, 6.07) is 0.389. The molecule has 2 aliphatic heterocycles. The molecule has 2 saturated heterocycles. The predicted octanol–water partition coefficient (Wildman–Crippen LogP) is 3.19. The van der Waals surface area contributed by atoms with Gasteiger partial charge in [-0.05, 0) is 85.1 Å². The Labute approximate surface area is 210 Å². The molecule has 0 bridgehead atoms. The van der Waals surface area contributed by atoms with Gasteiger partial charge in [0.05, 0.1) is 6.54 Å². The van der Waals surface area contributed by atoms with Gasteiger partial charge in [-0.2, -0.15) is 0 Å². The maximum atomic E-state index is 12.3. The first-order chi connectivity index (χ1) is 14.6. The molecule has 8 heteroatoms. The summed E-state index contributed by atoms with van der Waals surface area (Å²) in [5.41, 5.74) is 0.216. The van der Waals surface area contributed by atoms with E-state index in [4.69, 9.17) is 4.99 Å². The molecule has 1 aliphatic carbocycles. The Morgan fingerprint density at radius 2 is 1.77 bits per heavy atom. The number of halogens is 1. The summed E-state index contributed by atoms with van der Waals surface area (Å²) in [5, 5.41) is 7.55. The quantitative estimate of drug-likeness (QED) is 0.281. The second-order valence-electron chi connectivity index (χ2n) is 9.57. The number of likely N-dealkylation sites (tertiary alicyclic amines) is 2. The molecule has 31 heavy (non-hydrogen) atoms. The van der Waals surface area contributed by atoms with Gasteiger partial charge in [-0.15, -0.1) is 24.0 Å². The molecule has 0 aromatic heterocycles. The number of hydrogen-bond acceptors (Lipinski definition) is 4. The molecular weight excluding hydrogens is 521 g/mol. The lowest BCUT2D eigenvalue weighted by atomic mass is 9.84. The van der Waals surface area contributed by atoms with E-state index in [2.05, 4.69) is 34.4 Å². The molecule has 3 rings (SSSR count). The van der Waals surface area contributed by atoms with Gasteiger partial charge < -0.3 is 15.5 Å². The topological polar surface area (TPSA) is 60.0 Å². The highest BCUT2D eigenvalue weighted by molar-refractivity contribution is 14.0. The fourth-order valence-electron chi connectivity index (χ4n) is 5.47. The summed E-state index contributed by atoms with van der Waals surface area (Å²) in [6.07, 6.45) is 10.9. The van der Waals surface area contributed by atoms with E-state index in [1.54, 1.807) is 0 Å². The first kappa shape index (κ1) is 27.3. The van der Waals surface area contributed by atoms with Gasteiger partial charge in [-0.25, -0.2) is 0 Å². The largest absolute Gasteiger partial charge is 0.357 e. The minimum atomic E-state index is -0.685. The van der Waals surface area contributed by atoms with E-state index in [1.807, 2.05) is 6.92 Å². The van der Waals surface area contributed by atoms with Gasteiger partial charge in [-0.3, -0.25) is 14.1 Å². The summed E-state index contributed by atoms with van der Waals surface area (Å²) in [6.45, 7) is 10.7. The van der Waals surface area contributed by atoms with Gasteiger partial charge in [0.25, 0.3) is 0 Å². The van der Waals surface area contributed by atoms with Crippen LogP contribution in [-0.2, 0) is 10.8 Å². The van der Waals surface area contributed by atoms with Crippen molar-refractivity contribution in [3.8, 4) is 0 Å². The van der Waals surface area contributed by atoms with Crippen molar-refractivity contribution in [1.82, 2.24) is 20.4 Å². The van der Waals surface area contributed by atoms with Crippen LogP contribution in [0.25, 0.3) is 0 Å². The number of guanidine groups is 1. The molecule has 0 radical (unpaired) electrons. The van der Waals surface area contributed by atoms with Gasteiger partial charge >= 0.3 is 0 Å². The van der Waals surface area contributed by atoms with Gasteiger partial charge in [-0.1, -0.05) is 19.8 Å². The second kappa shape index (κ2) is 13.7. The highest BCUT2D eigenvalue weighted by Crippen LogP contribution is 2.32. The Kier molecular flexibility index (Phi) is 12.1. The van der Waals surface area contributed by atoms with E-state index in [0.29, 0.717) is 11.3 Å². The normalized spacial score (nSPS) is 29.1. The Hall–Kier alpha value is 0.0700. The van der Waals surface area contributed by atoms with Crippen LogP contribution in [0.15, 0.2) is 4.99 Å². The molecule has 0 aromatic carbocycles. The molecule has 3 fully saturated rings. The zero-order valence-electron chi connectivity index (χ0n) is 20.0. The number of piperidine rings is 2. The SMILES string of the molecule is CCNC(=NCC1(N2CCCCC2)CCN(C)CC1)NC1CCCC(S(=O)CC)C1.I. The van der Waals surface area contributed by atoms with Crippen molar-refractivity contribution < 1.29 is 4.21 Å². The molecule has 0 spiro atoms. The highest BCUT2D eigenvalue weighted by Gasteiger charge is 2.39. The lowest BCUT2D eigenvalue weighted by molar-refractivity contribution is 0.0208. The predicted molar refractivity (Wildman–Crippen MR) is 144 cm³/mol. The van der Waals surface area contributed by atoms with E-state index in [-0.39, 0.29) is 29.5 Å². The second-order valence-corrected chi connectivity index (χ2v) is 11.6. The van der Waals surface area contributed by atoms with E-state index in [1.165, 1.54) is 58.3 Å². The third-order valence-electron chi connectivity index (χ3n) is 7.44. The minimum absolute atomic E-state index is 0. The molecule has 0 amide bonds. The average Bonchev–Trinajstić information content (AvgIpc) is 2.79. The van der Waals surface area contributed by atoms with Crippen molar-refractivity contribution in [2.24, 2.45) is 4.99 Å². The highest BCUT2D eigenvalue weighted by atomic mass is 127. The third-order valence-corrected chi connectivity index (χ3v) is 9.18. The van der Waals surface area contributed by atoms with Crippen molar-refractivity contribution in [3.63, 3.8) is 0 Å². The number of rotatable bonds is 7. The third kappa shape index (κ3) is 7.81. The van der Waals surface area contributed by atoms with E-state index >= 15 is 0 Å². The van der Waals surface area contributed by atoms with Crippen LogP contribution in [0.5, 0.6) is 0 Å². The molecule has 6 nitrogen and oxygen atoms in total. The van der Waals surface area contributed by atoms with Gasteiger partial charge in [0, 0.05) is 39.9 Å². The Morgan fingerprint density at radius 1 is 1.06 bits per heavy atom. The number of nitrogens with one attached hydrogen (secondary N) is 2. The van der Waals surface area contributed by atoms with Crippen LogP contribution in [0, 0.1) is 0 Å². The molecule has 1 saturated carbocycles. The van der Waals surface area contributed by atoms with Gasteiger partial charge in [0.2, 0.25) is 0 Å². The zero-order valence-corrected chi connectivity index (χ0v) is 23.2. The molecule has 2 N–H and O–H groups in total. The lowest BCUT2D eigenvalue weighted by Gasteiger charge is -2.49. The fourth-order valence-corrected chi connectivity index (χ4v) is 6.82. The first-order valence-corrected chi connectivity index (χ1v) is 13.8. The summed E-state index contributed by atoms with van der Waals surface area (Å²) >= 11 is 0. The lowest BCUT2D eigenvalue weighted by Crippen LogP contribution is -2.58. The van der Waals surface area contributed by atoms with Crippen LogP contribution >= 0.6 is 24.0 Å². The first-order valence-electron chi connectivity index (χ1n) is 12.4. The standard InChI is InChI=1S/C23H45N5OS.HI/c1-4-24-22(26-20-10-9-11-21(18-20)30(29)5-2)25-19-23(12-16-27(3)17-13-23)28-14-7-6-8-15-28;/h20-21H,4-19H2,1-3H3,(H2,24,25,26);1H. The van der Waals surface area contributed by atoms with Crippen LogP contribution in [0.4, 0.5) is 0 Å². The molecule has 182 valence electrons. The summed E-state index contributed by atoms with van der Waals surface area (Å²) < 4.78 is 12.3. The van der Waals surface area contributed by atoms with Crippen LogP contribution < -0.4 is 10.6 Å². The monoisotopic (exact) mass is 567 g/mol. The van der Waals surface area contributed by atoms with Crippen molar-refractivity contribution in [2.45, 2.75) is 88.5 Å². The van der Waals surface area contributed by atoms with Gasteiger partial charge in [0.15, 0.2) is 5.96 Å². The summed E-state index contributed by atoms with van der Waals surface area (Å²) in [7, 11) is 1.56. The van der Waals surface area contributed by atoms with Crippen molar-refractivity contribution in [1.29, 1.82) is 0 Å². The van der Waals surface area contributed by atoms with E-state index < -0.39 is 10.8 Å². The van der Waals surface area contributed by atoms with E-state index in [0.717, 1.165) is 50.5 Å². The van der Waals surface area contributed by atoms with Crippen LogP contribution in [-0.4, -0.2) is 88.9 Å². The number of nitrogens with zero attached hydrogens (tertiary/aromatic N) is 3. The maximum Gasteiger partial charge on any atom is 0.191 e. The fraction of sp³-hybridized carbons (Fsp3) is 0.957. The summed E-state index contributed by atoms with van der Waals surface area (Å²) in [5.74, 6) is 1.74. The van der Waals surface area contributed by atoms with Crippen LogP contribution in [0.1, 0.15) is 71.6 Å². The van der Waals surface area contributed by atoms with Crippen LogP contribution in [0.2, 0.25) is 0 Å². The number of aliphatic imine (C=N–C) groups is 1. The molecule has 0 aromatic rings. The number of hydrogen-bond donors (Lipinski definition) is 2. The molecule has 2 heterocycles. The van der Waals surface area contributed by atoms with Crippen LogP contribution in [0.3, 0.4) is 0 Å². The Balaban J connectivity index is 0.00000341. The molecule has 3 atom stereocenters. The average molecular weight is 568 g/mol. The van der Waals surface area contributed by atoms with Crippen molar-refractivity contribution in [2.75, 3.05) is 52.1 Å². The maximum absolute atomic E-state index is 12.3. The summed E-state index contributed by atoms with van der Waals surface area (Å²) in [4.78, 5) is 10.4. The zero-order chi connectivity index (χ0) is 21.4. The Bertz CT molecular complexity index is 576. The van der Waals surface area contributed by atoms with E-state index in [9.17, 15) is 4.21 Å². The smallest absolute Gasteiger partial charge is 0.191 e. The molecular formula is C23H46IN5OS. The molecule has 3 unspecified atom stereocenters. The minimum Gasteiger partial charge on any atom is -0.357 e. The Morgan fingerprint density at radius 3 is 2.42 bits per heavy atom. The van der Waals surface area contributed by atoms with Crippen molar-refractivity contribution in [3.05, 3.63) is 0 Å². The molecule has 3 aliphatic rings.